The number of nitrogens with one attached hydrogen (secondary N) is 2. The fraction of sp³-hybridized carbons (Fsp3) is 0.350. The van der Waals surface area contributed by atoms with E-state index in [1.54, 1.807) is 18.3 Å². The Morgan fingerprint density at radius 1 is 1.34 bits per heavy atom. The molecule has 0 bridgehead atoms. The van der Waals surface area contributed by atoms with Crippen LogP contribution < -0.4 is 10.6 Å². The number of anilines is 1. The van der Waals surface area contributed by atoms with Crippen LogP contribution in [0.5, 0.6) is 0 Å². The van der Waals surface area contributed by atoms with Gasteiger partial charge >= 0.3 is 5.97 Å². The van der Waals surface area contributed by atoms with E-state index in [1.165, 1.54) is 11.3 Å². The van der Waals surface area contributed by atoms with Crippen molar-refractivity contribution in [2.24, 2.45) is 0 Å². The molecule has 1 aromatic carbocycles. The molecule has 0 aliphatic carbocycles. The summed E-state index contributed by atoms with van der Waals surface area (Å²) in [5.74, 6) is -0.340. The van der Waals surface area contributed by atoms with Crippen LogP contribution in [0.15, 0.2) is 34.9 Å². The lowest BCUT2D eigenvalue weighted by Gasteiger charge is -2.27. The summed E-state index contributed by atoms with van der Waals surface area (Å²) in [5, 5.41) is 16.8. The highest BCUT2D eigenvalue weighted by Gasteiger charge is 2.15. The molecule has 152 valence electrons. The van der Waals surface area contributed by atoms with Crippen molar-refractivity contribution in [2.45, 2.75) is 6.42 Å². The molecule has 29 heavy (non-hydrogen) atoms. The Bertz CT molecular complexity index is 1020. The number of thiophene rings is 1. The Morgan fingerprint density at radius 2 is 2.17 bits per heavy atom. The highest BCUT2D eigenvalue weighted by atomic mass is 79.9. The molecule has 3 aromatic rings. The van der Waals surface area contributed by atoms with Gasteiger partial charge in [-0.3, -0.25) is 0 Å². The lowest BCUT2D eigenvalue weighted by Crippen LogP contribution is -2.44. The van der Waals surface area contributed by atoms with Gasteiger partial charge in [0, 0.05) is 49.0 Å². The predicted octanol–water partition coefficient (Wildman–Crippen LogP) is 3.53. The smallest absolute Gasteiger partial charge is 0.336 e. The van der Waals surface area contributed by atoms with E-state index < -0.39 is 5.97 Å². The van der Waals surface area contributed by atoms with Crippen molar-refractivity contribution in [2.75, 3.05) is 44.6 Å². The molecule has 3 heterocycles. The van der Waals surface area contributed by atoms with Crippen LogP contribution in [0.3, 0.4) is 0 Å². The normalized spacial score (nSPS) is 14.9. The standard InChI is InChI=1S/C20H22BrN5O2S/c21-15-12-24-20(23-5-2-8-26-9-6-22-7-10-26)25-18(15)17-11-14-13(19(27)28)3-1-4-16(14)29-17/h1,3-4,11-12,22H,2,5-10H2,(H,27,28)(H,23,24,25). The van der Waals surface area contributed by atoms with Crippen LogP contribution in [0.1, 0.15) is 16.8 Å². The van der Waals surface area contributed by atoms with E-state index in [-0.39, 0.29) is 0 Å². The number of benzene rings is 1. The van der Waals surface area contributed by atoms with Gasteiger partial charge in [0.2, 0.25) is 5.95 Å². The maximum Gasteiger partial charge on any atom is 0.336 e. The number of rotatable bonds is 7. The molecule has 2 aromatic heterocycles. The topological polar surface area (TPSA) is 90.4 Å². The summed E-state index contributed by atoms with van der Waals surface area (Å²) in [6.45, 7) is 6.19. The number of carboxylic acid groups (broad SMARTS) is 1. The number of hydrogen-bond acceptors (Lipinski definition) is 7. The van der Waals surface area contributed by atoms with Gasteiger partial charge < -0.3 is 20.6 Å². The molecular formula is C20H22BrN5O2S. The SMILES string of the molecule is O=C(O)c1cccc2sc(-c3nc(NCCCN4CCNCC4)ncc3Br)cc12. The van der Waals surface area contributed by atoms with Crippen LogP contribution in [0, 0.1) is 0 Å². The number of carboxylic acids is 1. The van der Waals surface area contributed by atoms with Crippen LogP contribution in [0.25, 0.3) is 20.7 Å². The van der Waals surface area contributed by atoms with E-state index in [4.69, 9.17) is 0 Å². The second-order valence-electron chi connectivity index (χ2n) is 6.90. The van der Waals surface area contributed by atoms with Gasteiger partial charge in [0.15, 0.2) is 0 Å². The summed E-state index contributed by atoms with van der Waals surface area (Å²) < 4.78 is 1.71. The number of halogens is 1. The maximum absolute atomic E-state index is 11.5. The molecule has 0 unspecified atom stereocenters. The molecule has 4 rings (SSSR count). The van der Waals surface area contributed by atoms with Crippen LogP contribution in [-0.2, 0) is 0 Å². The summed E-state index contributed by atoms with van der Waals surface area (Å²) in [4.78, 5) is 23.9. The first-order valence-corrected chi connectivity index (χ1v) is 11.2. The van der Waals surface area contributed by atoms with Gasteiger partial charge in [-0.25, -0.2) is 14.8 Å². The zero-order valence-electron chi connectivity index (χ0n) is 15.8. The van der Waals surface area contributed by atoms with Gasteiger partial charge in [-0.2, -0.15) is 0 Å². The van der Waals surface area contributed by atoms with E-state index in [0.29, 0.717) is 11.5 Å². The van der Waals surface area contributed by atoms with Gasteiger partial charge in [-0.05, 0) is 47.1 Å². The number of hydrogen-bond donors (Lipinski definition) is 3. The molecule has 9 heteroatoms. The van der Waals surface area contributed by atoms with Crippen molar-refractivity contribution in [1.29, 1.82) is 0 Å². The van der Waals surface area contributed by atoms with Gasteiger partial charge in [0.25, 0.3) is 0 Å². The third-order valence-corrected chi connectivity index (χ3v) is 6.60. The molecule has 1 saturated heterocycles. The Labute approximate surface area is 181 Å². The summed E-state index contributed by atoms with van der Waals surface area (Å²) in [5.41, 5.74) is 1.07. The van der Waals surface area contributed by atoms with Crippen LogP contribution in [0.4, 0.5) is 5.95 Å². The largest absolute Gasteiger partial charge is 0.478 e. The molecule has 0 amide bonds. The fourth-order valence-electron chi connectivity index (χ4n) is 3.43. The molecule has 1 fully saturated rings. The highest BCUT2D eigenvalue weighted by molar-refractivity contribution is 9.10. The lowest BCUT2D eigenvalue weighted by atomic mass is 10.1. The third kappa shape index (κ3) is 4.75. The number of aromatic nitrogens is 2. The highest BCUT2D eigenvalue weighted by Crippen LogP contribution is 2.37. The van der Waals surface area contributed by atoms with E-state index in [1.807, 2.05) is 12.1 Å². The molecule has 3 N–H and O–H groups in total. The van der Waals surface area contributed by atoms with Crippen LogP contribution >= 0.6 is 27.3 Å². The van der Waals surface area contributed by atoms with Gasteiger partial charge in [-0.1, -0.05) is 6.07 Å². The molecule has 0 spiro atoms. The Balaban J connectivity index is 1.47. The fourth-order valence-corrected chi connectivity index (χ4v) is 5.05. The third-order valence-electron chi connectivity index (χ3n) is 4.91. The predicted molar refractivity (Wildman–Crippen MR) is 120 cm³/mol. The summed E-state index contributed by atoms with van der Waals surface area (Å²) in [6.07, 6.45) is 2.77. The quantitative estimate of drug-likeness (QED) is 0.450. The van der Waals surface area contributed by atoms with Gasteiger partial charge in [-0.15, -0.1) is 11.3 Å². The zero-order chi connectivity index (χ0) is 20.2. The van der Waals surface area contributed by atoms with Crippen molar-refractivity contribution < 1.29 is 9.90 Å². The zero-order valence-corrected chi connectivity index (χ0v) is 18.2. The molecule has 0 saturated carbocycles. The van der Waals surface area contributed by atoms with E-state index >= 15 is 0 Å². The molecular weight excluding hydrogens is 454 g/mol. The second-order valence-corrected chi connectivity index (χ2v) is 8.83. The van der Waals surface area contributed by atoms with Crippen molar-refractivity contribution in [3.8, 4) is 10.6 Å². The van der Waals surface area contributed by atoms with Crippen LogP contribution in [0.2, 0.25) is 0 Å². The van der Waals surface area contributed by atoms with Gasteiger partial charge in [0.05, 0.1) is 14.9 Å². The first-order chi connectivity index (χ1) is 14.1. The monoisotopic (exact) mass is 475 g/mol. The average molecular weight is 476 g/mol. The Morgan fingerprint density at radius 3 is 2.97 bits per heavy atom. The number of nitrogens with zero attached hydrogens (tertiary/aromatic N) is 3. The van der Waals surface area contributed by atoms with E-state index in [2.05, 4.69) is 41.4 Å². The lowest BCUT2D eigenvalue weighted by molar-refractivity contribution is 0.0699. The average Bonchev–Trinajstić information content (AvgIpc) is 3.17. The summed E-state index contributed by atoms with van der Waals surface area (Å²) in [7, 11) is 0. The van der Waals surface area contributed by atoms with Crippen LogP contribution in [-0.4, -0.2) is 65.2 Å². The van der Waals surface area contributed by atoms with E-state index in [9.17, 15) is 9.90 Å². The van der Waals surface area contributed by atoms with Crippen molar-refractivity contribution in [3.63, 3.8) is 0 Å². The Hall–Kier alpha value is -2.07. The number of fused-ring (bicyclic) bond motifs is 1. The summed E-state index contributed by atoms with van der Waals surface area (Å²) in [6, 6.07) is 7.22. The number of piperazine rings is 1. The minimum atomic E-state index is -0.923. The molecule has 7 nitrogen and oxygen atoms in total. The first-order valence-electron chi connectivity index (χ1n) is 9.57. The van der Waals surface area contributed by atoms with Crippen molar-refractivity contribution in [3.05, 3.63) is 40.5 Å². The maximum atomic E-state index is 11.5. The molecule has 0 atom stereocenters. The van der Waals surface area contributed by atoms with Crippen molar-refractivity contribution in [1.82, 2.24) is 20.2 Å². The summed E-state index contributed by atoms with van der Waals surface area (Å²) >= 11 is 5.06. The van der Waals surface area contributed by atoms with Gasteiger partial charge in [0.1, 0.15) is 5.69 Å². The Kier molecular flexibility index (Phi) is 6.39. The number of carbonyl (C=O) groups is 1. The second kappa shape index (κ2) is 9.17. The number of aromatic carboxylic acids is 1. The minimum absolute atomic E-state index is 0.307. The van der Waals surface area contributed by atoms with Crippen molar-refractivity contribution >= 4 is 49.3 Å². The molecule has 0 radical (unpaired) electrons. The molecule has 1 aliphatic heterocycles. The van der Waals surface area contributed by atoms with E-state index in [0.717, 1.165) is 70.8 Å². The minimum Gasteiger partial charge on any atom is -0.478 e. The first kappa shape index (κ1) is 20.2. The molecule has 1 aliphatic rings.